The lowest BCUT2D eigenvalue weighted by Crippen LogP contribution is -2.47. The molecule has 1 aliphatic heterocycles. The van der Waals surface area contributed by atoms with Gasteiger partial charge in [-0.15, -0.1) is 5.10 Å². The SMILES string of the molecule is CC[C@H]1Cc2c(nn(C)c2-c2cc(F)c(F)c(F)c2)[C@@H](CC)N1C(=O)c1cn(C)nc1OC. The predicted octanol–water partition coefficient (Wildman–Crippen LogP) is 4.17. The van der Waals surface area contributed by atoms with Crippen LogP contribution in [0, 0.1) is 17.5 Å². The minimum atomic E-state index is -1.50. The van der Waals surface area contributed by atoms with Crippen molar-refractivity contribution in [2.75, 3.05) is 7.11 Å². The molecular weight excluding hydrogens is 435 g/mol. The van der Waals surface area contributed by atoms with Gasteiger partial charge in [0.05, 0.1) is 24.5 Å². The Morgan fingerprint density at radius 2 is 1.79 bits per heavy atom. The molecular formula is C23H26F3N5O2. The normalized spacial score (nSPS) is 17.9. The first-order chi connectivity index (χ1) is 15.7. The summed E-state index contributed by atoms with van der Waals surface area (Å²) in [6.07, 6.45) is 3.32. The Labute approximate surface area is 189 Å². The van der Waals surface area contributed by atoms with Crippen LogP contribution in [0.15, 0.2) is 18.3 Å². The zero-order valence-electron chi connectivity index (χ0n) is 19.2. The first-order valence-corrected chi connectivity index (χ1v) is 10.8. The second-order valence-corrected chi connectivity index (χ2v) is 8.22. The van der Waals surface area contributed by atoms with Crippen molar-refractivity contribution in [2.45, 2.75) is 45.2 Å². The number of ether oxygens (including phenoxy) is 1. The Morgan fingerprint density at radius 3 is 2.36 bits per heavy atom. The van der Waals surface area contributed by atoms with Crippen molar-refractivity contribution >= 4 is 5.91 Å². The monoisotopic (exact) mass is 461 g/mol. The molecule has 10 heteroatoms. The minimum Gasteiger partial charge on any atom is -0.479 e. The van der Waals surface area contributed by atoms with Crippen LogP contribution >= 0.6 is 0 Å². The number of hydrogen-bond donors (Lipinski definition) is 0. The van der Waals surface area contributed by atoms with Crippen LogP contribution in [0.25, 0.3) is 11.3 Å². The number of rotatable bonds is 5. The molecule has 0 saturated heterocycles. The molecule has 0 fully saturated rings. The van der Waals surface area contributed by atoms with Gasteiger partial charge in [-0.1, -0.05) is 13.8 Å². The number of benzene rings is 1. The van der Waals surface area contributed by atoms with E-state index in [4.69, 9.17) is 4.74 Å². The number of methoxy groups -OCH3 is 1. The van der Waals surface area contributed by atoms with E-state index in [0.29, 0.717) is 36.2 Å². The molecule has 0 saturated carbocycles. The second kappa shape index (κ2) is 8.57. The van der Waals surface area contributed by atoms with Crippen LogP contribution in [0.1, 0.15) is 54.3 Å². The van der Waals surface area contributed by atoms with Crippen molar-refractivity contribution in [3.05, 3.63) is 52.6 Å². The predicted molar refractivity (Wildman–Crippen MR) is 115 cm³/mol. The topological polar surface area (TPSA) is 65.2 Å². The lowest BCUT2D eigenvalue weighted by molar-refractivity contribution is 0.0509. The van der Waals surface area contributed by atoms with Crippen LogP contribution in [0.3, 0.4) is 0 Å². The molecule has 0 unspecified atom stereocenters. The Hall–Kier alpha value is -3.30. The van der Waals surface area contributed by atoms with E-state index in [1.54, 1.807) is 25.0 Å². The van der Waals surface area contributed by atoms with Crippen LogP contribution < -0.4 is 4.74 Å². The number of aryl methyl sites for hydroxylation is 2. The fourth-order valence-corrected chi connectivity index (χ4v) is 4.77. The van der Waals surface area contributed by atoms with E-state index in [-0.39, 0.29) is 29.4 Å². The summed E-state index contributed by atoms with van der Waals surface area (Å²) in [4.78, 5) is 15.5. The molecule has 3 aromatic rings. The fraction of sp³-hybridized carbons (Fsp3) is 0.435. The van der Waals surface area contributed by atoms with E-state index in [2.05, 4.69) is 10.2 Å². The highest BCUT2D eigenvalue weighted by Gasteiger charge is 2.41. The molecule has 1 amide bonds. The lowest BCUT2D eigenvalue weighted by atomic mass is 9.87. The second-order valence-electron chi connectivity index (χ2n) is 8.22. The van der Waals surface area contributed by atoms with Crippen molar-refractivity contribution < 1.29 is 22.7 Å². The summed E-state index contributed by atoms with van der Waals surface area (Å²) < 4.78 is 49.9. The van der Waals surface area contributed by atoms with Crippen molar-refractivity contribution in [2.24, 2.45) is 14.1 Å². The molecule has 0 bridgehead atoms. The Balaban J connectivity index is 1.84. The minimum absolute atomic E-state index is 0.182. The van der Waals surface area contributed by atoms with Gasteiger partial charge >= 0.3 is 0 Å². The van der Waals surface area contributed by atoms with Gasteiger partial charge in [-0.3, -0.25) is 14.2 Å². The van der Waals surface area contributed by atoms with E-state index < -0.39 is 17.5 Å². The lowest BCUT2D eigenvalue weighted by Gasteiger charge is -2.41. The molecule has 2 aromatic heterocycles. The Kier molecular flexibility index (Phi) is 5.94. The van der Waals surface area contributed by atoms with Gasteiger partial charge in [0.1, 0.15) is 5.56 Å². The summed E-state index contributed by atoms with van der Waals surface area (Å²) in [7, 11) is 4.86. The zero-order valence-corrected chi connectivity index (χ0v) is 19.2. The van der Waals surface area contributed by atoms with Gasteiger partial charge in [-0.2, -0.15) is 5.10 Å². The number of amides is 1. The number of nitrogens with zero attached hydrogens (tertiary/aromatic N) is 5. The smallest absolute Gasteiger partial charge is 0.261 e. The number of fused-ring (bicyclic) bond motifs is 1. The van der Waals surface area contributed by atoms with Crippen molar-refractivity contribution in [3.8, 4) is 17.1 Å². The van der Waals surface area contributed by atoms with E-state index in [1.165, 1.54) is 11.8 Å². The third-order valence-electron chi connectivity index (χ3n) is 6.23. The maximum Gasteiger partial charge on any atom is 0.261 e. The fourth-order valence-electron chi connectivity index (χ4n) is 4.77. The van der Waals surface area contributed by atoms with Gasteiger partial charge in [0.25, 0.3) is 5.91 Å². The molecule has 0 radical (unpaired) electrons. The van der Waals surface area contributed by atoms with E-state index >= 15 is 0 Å². The molecule has 0 spiro atoms. The van der Waals surface area contributed by atoms with Crippen molar-refractivity contribution in [1.82, 2.24) is 24.5 Å². The van der Waals surface area contributed by atoms with Gasteiger partial charge in [0.2, 0.25) is 5.88 Å². The maximum absolute atomic E-state index is 14.0. The number of halogens is 3. The van der Waals surface area contributed by atoms with Gasteiger partial charge in [0.15, 0.2) is 17.5 Å². The molecule has 1 aromatic carbocycles. The molecule has 0 aliphatic carbocycles. The summed E-state index contributed by atoms with van der Waals surface area (Å²) in [5.74, 6) is -3.98. The summed E-state index contributed by atoms with van der Waals surface area (Å²) >= 11 is 0. The Morgan fingerprint density at radius 1 is 1.12 bits per heavy atom. The summed E-state index contributed by atoms with van der Waals surface area (Å²) in [6.45, 7) is 3.94. The molecule has 1 aliphatic rings. The van der Waals surface area contributed by atoms with Crippen molar-refractivity contribution in [3.63, 3.8) is 0 Å². The van der Waals surface area contributed by atoms with Crippen LogP contribution in [0.5, 0.6) is 5.88 Å². The number of carbonyl (C=O) groups excluding carboxylic acids is 1. The molecule has 7 nitrogen and oxygen atoms in total. The third-order valence-corrected chi connectivity index (χ3v) is 6.23. The molecule has 176 valence electrons. The molecule has 3 heterocycles. The quantitative estimate of drug-likeness (QED) is 0.535. The van der Waals surface area contributed by atoms with E-state index in [1.807, 2.05) is 18.7 Å². The average molecular weight is 461 g/mol. The summed E-state index contributed by atoms with van der Waals surface area (Å²) in [5, 5.41) is 8.83. The third kappa shape index (κ3) is 3.67. The highest BCUT2D eigenvalue weighted by Crippen LogP contribution is 2.42. The van der Waals surface area contributed by atoms with Crippen LogP contribution in [-0.2, 0) is 20.5 Å². The zero-order chi connectivity index (χ0) is 24.0. The Bertz CT molecular complexity index is 1200. The first kappa shape index (κ1) is 22.9. The average Bonchev–Trinajstić information content (AvgIpc) is 3.33. The van der Waals surface area contributed by atoms with Gasteiger partial charge in [-0.25, -0.2) is 13.2 Å². The standard InChI is InChI=1S/C23H26F3N5O2/c1-6-13-10-14-20(27-30(4)21(14)12-8-16(24)19(26)17(25)9-12)18(7-2)31(13)23(32)15-11-29(3)28-22(15)33-5/h8-9,11,13,18H,6-7,10H2,1-5H3/t13-,18+/m0/s1. The summed E-state index contributed by atoms with van der Waals surface area (Å²) in [5.41, 5.74) is 2.57. The largest absolute Gasteiger partial charge is 0.479 e. The molecule has 33 heavy (non-hydrogen) atoms. The summed E-state index contributed by atoms with van der Waals surface area (Å²) in [6, 6.07) is 1.43. The first-order valence-electron chi connectivity index (χ1n) is 10.8. The number of carbonyl (C=O) groups is 1. The van der Waals surface area contributed by atoms with Crippen LogP contribution in [0.2, 0.25) is 0 Å². The highest BCUT2D eigenvalue weighted by molar-refractivity contribution is 5.97. The number of hydrogen-bond acceptors (Lipinski definition) is 4. The number of aromatic nitrogens is 4. The van der Waals surface area contributed by atoms with Gasteiger partial charge in [-0.05, 0) is 31.4 Å². The highest BCUT2D eigenvalue weighted by atomic mass is 19.2. The van der Waals surface area contributed by atoms with E-state index in [9.17, 15) is 18.0 Å². The maximum atomic E-state index is 14.0. The van der Waals surface area contributed by atoms with Gasteiger partial charge < -0.3 is 9.64 Å². The molecule has 4 rings (SSSR count). The van der Waals surface area contributed by atoms with Crippen LogP contribution in [-0.4, -0.2) is 43.5 Å². The molecule has 0 N–H and O–H groups in total. The van der Waals surface area contributed by atoms with Crippen molar-refractivity contribution in [1.29, 1.82) is 0 Å². The van der Waals surface area contributed by atoms with E-state index in [0.717, 1.165) is 17.7 Å². The molecule has 2 atom stereocenters. The van der Waals surface area contributed by atoms with Crippen LogP contribution in [0.4, 0.5) is 13.2 Å². The van der Waals surface area contributed by atoms with Gasteiger partial charge in [0, 0.05) is 37.5 Å².